The Labute approximate surface area is 146 Å². The summed E-state index contributed by atoms with van der Waals surface area (Å²) in [5, 5.41) is 5.24. The van der Waals surface area contributed by atoms with Crippen LogP contribution in [0.2, 0.25) is 0 Å². The molecule has 0 spiro atoms. The minimum Gasteiger partial charge on any atom is -0.433 e. The molecule has 1 aromatic carbocycles. The minimum atomic E-state index is -2.96. The number of hydrogen-bond donors (Lipinski definition) is 1. The van der Waals surface area contributed by atoms with Crippen LogP contribution < -0.4 is 10.1 Å². The van der Waals surface area contributed by atoms with Gasteiger partial charge < -0.3 is 10.1 Å². The van der Waals surface area contributed by atoms with Gasteiger partial charge in [-0.25, -0.2) is 4.98 Å². The van der Waals surface area contributed by atoms with E-state index in [4.69, 9.17) is 0 Å². The Bertz CT molecular complexity index is 891. The molecule has 0 saturated heterocycles. The lowest BCUT2D eigenvalue weighted by molar-refractivity contribution is -0.0493. The normalized spacial score (nSPS) is 10.9. The van der Waals surface area contributed by atoms with Crippen LogP contribution >= 0.6 is 11.3 Å². The maximum Gasteiger partial charge on any atom is 0.387 e. The van der Waals surface area contributed by atoms with Crippen molar-refractivity contribution in [2.75, 3.05) is 5.32 Å². The molecule has 0 saturated carbocycles. The van der Waals surface area contributed by atoms with Gasteiger partial charge in [0.05, 0.1) is 11.3 Å². The first kappa shape index (κ1) is 17.1. The van der Waals surface area contributed by atoms with Gasteiger partial charge in [0.1, 0.15) is 5.75 Å². The zero-order valence-electron chi connectivity index (χ0n) is 13.5. The molecule has 2 aromatic heterocycles. The molecule has 1 amide bonds. The van der Waals surface area contributed by atoms with Gasteiger partial charge in [-0.3, -0.25) is 9.36 Å². The number of ether oxygens (including phenoxy) is 1. The van der Waals surface area contributed by atoms with Crippen molar-refractivity contribution in [1.82, 2.24) is 9.55 Å². The molecule has 0 unspecified atom stereocenters. The van der Waals surface area contributed by atoms with Crippen molar-refractivity contribution in [2.24, 2.45) is 0 Å². The molecule has 0 aliphatic rings. The molecule has 1 N–H and O–H groups in total. The third-order valence-electron chi connectivity index (χ3n) is 3.64. The molecule has 5 nitrogen and oxygen atoms in total. The number of halogens is 2. The number of rotatable bonds is 5. The summed E-state index contributed by atoms with van der Waals surface area (Å²) in [4.78, 5) is 16.9. The van der Waals surface area contributed by atoms with Crippen molar-refractivity contribution in [2.45, 2.75) is 20.5 Å². The summed E-state index contributed by atoms with van der Waals surface area (Å²) in [5.41, 5.74) is 2.21. The third kappa shape index (κ3) is 3.53. The highest BCUT2D eigenvalue weighted by Crippen LogP contribution is 2.27. The van der Waals surface area contributed by atoms with Crippen LogP contribution in [-0.4, -0.2) is 22.1 Å². The van der Waals surface area contributed by atoms with Gasteiger partial charge in [-0.2, -0.15) is 8.78 Å². The molecule has 0 aliphatic carbocycles. The second-order valence-electron chi connectivity index (χ2n) is 5.26. The number of aryl methyl sites for hydroxylation is 1. The van der Waals surface area contributed by atoms with Crippen LogP contribution in [0.3, 0.4) is 0 Å². The second kappa shape index (κ2) is 7.02. The highest BCUT2D eigenvalue weighted by atomic mass is 32.1. The molecule has 130 valence electrons. The van der Waals surface area contributed by atoms with Crippen molar-refractivity contribution in [3.8, 4) is 10.9 Å². The summed E-state index contributed by atoms with van der Waals surface area (Å²) in [6, 6.07) is 7.81. The number of benzene rings is 1. The average Bonchev–Trinajstić information content (AvgIpc) is 3.16. The number of para-hydroxylation sites is 2. The number of anilines is 1. The quantitative estimate of drug-likeness (QED) is 0.731. The zero-order chi connectivity index (χ0) is 18.0. The van der Waals surface area contributed by atoms with Gasteiger partial charge in [0.15, 0.2) is 5.13 Å². The number of nitrogens with one attached hydrogen (secondary N) is 1. The van der Waals surface area contributed by atoms with E-state index in [0.717, 1.165) is 16.5 Å². The van der Waals surface area contributed by atoms with Crippen LogP contribution in [0.5, 0.6) is 5.75 Å². The molecule has 3 rings (SSSR count). The summed E-state index contributed by atoms with van der Waals surface area (Å²) in [6.07, 6.45) is 1.69. The molecular formula is C17H15F2N3O2S. The van der Waals surface area contributed by atoms with E-state index in [1.54, 1.807) is 24.4 Å². The smallest absolute Gasteiger partial charge is 0.387 e. The number of carbonyl (C=O) groups is 1. The first-order chi connectivity index (χ1) is 12.0. The van der Waals surface area contributed by atoms with Gasteiger partial charge >= 0.3 is 6.61 Å². The fourth-order valence-electron chi connectivity index (χ4n) is 2.57. The molecule has 0 fully saturated rings. The van der Waals surface area contributed by atoms with E-state index in [1.165, 1.54) is 23.5 Å². The Morgan fingerprint density at radius 1 is 1.32 bits per heavy atom. The van der Waals surface area contributed by atoms with E-state index in [1.807, 2.05) is 23.8 Å². The summed E-state index contributed by atoms with van der Waals surface area (Å²) in [7, 11) is 0. The molecule has 3 aromatic rings. The number of alkyl halides is 2. The van der Waals surface area contributed by atoms with Gasteiger partial charge in [0, 0.05) is 23.0 Å². The van der Waals surface area contributed by atoms with Crippen molar-refractivity contribution >= 4 is 22.9 Å². The summed E-state index contributed by atoms with van der Waals surface area (Å²) in [5.74, 6) is -0.485. The van der Waals surface area contributed by atoms with Crippen LogP contribution in [0.4, 0.5) is 14.5 Å². The van der Waals surface area contributed by atoms with Gasteiger partial charge in [0.25, 0.3) is 5.91 Å². The number of carbonyl (C=O) groups excluding carboxylic acids is 1. The van der Waals surface area contributed by atoms with E-state index >= 15 is 0 Å². The largest absolute Gasteiger partial charge is 0.433 e. The van der Waals surface area contributed by atoms with E-state index in [9.17, 15) is 13.6 Å². The number of nitrogens with zero attached hydrogens (tertiary/aromatic N) is 2. The van der Waals surface area contributed by atoms with Gasteiger partial charge in [-0.15, -0.1) is 11.3 Å². The lowest BCUT2D eigenvalue weighted by Gasteiger charge is -2.11. The molecule has 25 heavy (non-hydrogen) atoms. The van der Waals surface area contributed by atoms with E-state index in [-0.39, 0.29) is 11.4 Å². The van der Waals surface area contributed by atoms with E-state index < -0.39 is 12.5 Å². The Kier molecular flexibility index (Phi) is 4.80. The Balaban J connectivity index is 1.90. The fraction of sp³-hybridized carbons (Fsp3) is 0.176. The number of aromatic nitrogens is 2. The van der Waals surface area contributed by atoms with Crippen LogP contribution in [-0.2, 0) is 0 Å². The zero-order valence-corrected chi connectivity index (χ0v) is 14.3. The van der Waals surface area contributed by atoms with Crippen molar-refractivity contribution in [3.63, 3.8) is 0 Å². The predicted molar refractivity (Wildman–Crippen MR) is 91.9 cm³/mol. The average molecular weight is 363 g/mol. The van der Waals surface area contributed by atoms with Gasteiger partial charge in [-0.05, 0) is 32.0 Å². The first-order valence-electron chi connectivity index (χ1n) is 7.41. The summed E-state index contributed by atoms with van der Waals surface area (Å²) >= 11 is 1.46. The molecule has 8 heteroatoms. The molecule has 0 aliphatic heterocycles. The lowest BCUT2D eigenvalue weighted by atomic mass is 10.2. The molecular weight excluding hydrogens is 348 g/mol. The highest BCUT2D eigenvalue weighted by molar-refractivity contribution is 7.12. The van der Waals surface area contributed by atoms with Crippen LogP contribution in [0.15, 0.2) is 41.9 Å². The minimum absolute atomic E-state index is 0.0837. The van der Waals surface area contributed by atoms with E-state index in [2.05, 4.69) is 15.0 Å². The van der Waals surface area contributed by atoms with Crippen molar-refractivity contribution in [3.05, 3.63) is 58.9 Å². The molecule has 0 radical (unpaired) electrons. The third-order valence-corrected chi connectivity index (χ3v) is 4.39. The Morgan fingerprint density at radius 3 is 2.76 bits per heavy atom. The second-order valence-corrected chi connectivity index (χ2v) is 6.14. The maximum absolute atomic E-state index is 12.6. The fourth-order valence-corrected chi connectivity index (χ4v) is 3.32. The maximum atomic E-state index is 12.6. The number of thiazole rings is 1. The molecule has 0 bridgehead atoms. The highest BCUT2D eigenvalue weighted by Gasteiger charge is 2.19. The SMILES string of the molecule is Cc1cc(C(=O)Nc2ccccc2OC(F)F)c(C)n1-c1nccs1. The molecule has 2 heterocycles. The summed E-state index contributed by atoms with van der Waals surface area (Å²) < 4.78 is 31.3. The predicted octanol–water partition coefficient (Wildman–Crippen LogP) is 4.40. The lowest BCUT2D eigenvalue weighted by Crippen LogP contribution is -2.14. The summed E-state index contributed by atoms with van der Waals surface area (Å²) in [6.45, 7) is 0.720. The van der Waals surface area contributed by atoms with Gasteiger partial charge in [-0.1, -0.05) is 12.1 Å². The van der Waals surface area contributed by atoms with Crippen LogP contribution in [0.1, 0.15) is 21.7 Å². The number of amides is 1. The molecule has 0 atom stereocenters. The van der Waals surface area contributed by atoms with Gasteiger partial charge in [0.2, 0.25) is 0 Å². The topological polar surface area (TPSA) is 56.1 Å². The van der Waals surface area contributed by atoms with Crippen molar-refractivity contribution < 1.29 is 18.3 Å². The Morgan fingerprint density at radius 2 is 2.08 bits per heavy atom. The Hall–Kier alpha value is -2.74. The van der Waals surface area contributed by atoms with Crippen molar-refractivity contribution in [1.29, 1.82) is 0 Å². The monoisotopic (exact) mass is 363 g/mol. The van der Waals surface area contributed by atoms with Crippen LogP contribution in [0, 0.1) is 13.8 Å². The number of hydrogen-bond acceptors (Lipinski definition) is 4. The standard InChI is InChI=1S/C17H15F2N3O2S/c1-10-9-12(11(2)22(10)17-20-7-8-25-17)15(23)21-13-5-3-4-6-14(13)24-16(18)19/h3-9,16H,1-2H3,(H,21,23). The first-order valence-corrected chi connectivity index (χ1v) is 8.29. The van der Waals surface area contributed by atoms with E-state index in [0.29, 0.717) is 5.56 Å². The van der Waals surface area contributed by atoms with Crippen LogP contribution in [0.25, 0.3) is 5.13 Å².